The van der Waals surface area contributed by atoms with Gasteiger partial charge in [0.25, 0.3) is 0 Å². The monoisotopic (exact) mass is 241 g/mol. The number of hydrogen-bond acceptors (Lipinski definition) is 4. The summed E-state index contributed by atoms with van der Waals surface area (Å²) in [4.78, 5) is 15.3. The molecule has 0 atom stereocenters. The van der Waals surface area contributed by atoms with Gasteiger partial charge < -0.3 is 5.32 Å². The Kier molecular flexibility index (Phi) is 3.66. The summed E-state index contributed by atoms with van der Waals surface area (Å²) in [6, 6.07) is 9.17. The summed E-state index contributed by atoms with van der Waals surface area (Å²) in [7, 11) is 0. The molecule has 6 heteroatoms. The molecule has 1 heterocycles. The van der Waals surface area contributed by atoms with Gasteiger partial charge in [-0.05, 0) is 17.7 Å². The fraction of sp³-hybridized carbons (Fsp3) is 0.167. The molecule has 1 amide bonds. The van der Waals surface area contributed by atoms with Gasteiger partial charge in [0.15, 0.2) is 0 Å². The van der Waals surface area contributed by atoms with Crippen LogP contribution in [-0.2, 0) is 17.9 Å². The molecular formula is C12H11N5O. The van der Waals surface area contributed by atoms with E-state index in [1.807, 2.05) is 6.07 Å². The fourth-order valence-corrected chi connectivity index (χ4v) is 1.47. The number of aromatic nitrogens is 3. The molecule has 0 aliphatic rings. The van der Waals surface area contributed by atoms with Crippen molar-refractivity contribution in [3.8, 4) is 6.07 Å². The molecule has 0 aliphatic carbocycles. The molecule has 0 fully saturated rings. The molecule has 90 valence electrons. The van der Waals surface area contributed by atoms with Crippen molar-refractivity contribution in [1.29, 1.82) is 5.26 Å². The molecule has 0 radical (unpaired) electrons. The van der Waals surface area contributed by atoms with Crippen LogP contribution in [0.25, 0.3) is 0 Å². The van der Waals surface area contributed by atoms with Crippen LogP contribution < -0.4 is 5.32 Å². The Morgan fingerprint density at radius 2 is 2.39 bits per heavy atom. The van der Waals surface area contributed by atoms with E-state index in [-0.39, 0.29) is 12.5 Å². The largest absolute Gasteiger partial charge is 0.350 e. The first-order chi connectivity index (χ1) is 8.78. The third kappa shape index (κ3) is 3.15. The number of nitrogens with one attached hydrogen (secondary N) is 1. The molecule has 1 aromatic heterocycles. The van der Waals surface area contributed by atoms with E-state index in [9.17, 15) is 4.79 Å². The van der Waals surface area contributed by atoms with Gasteiger partial charge in [0.1, 0.15) is 19.2 Å². The highest BCUT2D eigenvalue weighted by Gasteiger charge is 2.03. The summed E-state index contributed by atoms with van der Waals surface area (Å²) in [5, 5.41) is 15.3. The average molecular weight is 241 g/mol. The number of rotatable bonds is 4. The third-order valence-electron chi connectivity index (χ3n) is 2.32. The number of amides is 1. The van der Waals surface area contributed by atoms with Crippen LogP contribution in [0.4, 0.5) is 0 Å². The van der Waals surface area contributed by atoms with Gasteiger partial charge in [0, 0.05) is 6.54 Å². The number of hydrogen-bond donors (Lipinski definition) is 1. The molecular weight excluding hydrogens is 230 g/mol. The van der Waals surface area contributed by atoms with Crippen molar-refractivity contribution < 1.29 is 4.79 Å². The maximum atomic E-state index is 11.6. The van der Waals surface area contributed by atoms with Crippen LogP contribution >= 0.6 is 0 Å². The average Bonchev–Trinajstić information content (AvgIpc) is 2.89. The van der Waals surface area contributed by atoms with E-state index in [1.54, 1.807) is 18.2 Å². The zero-order valence-electron chi connectivity index (χ0n) is 9.58. The molecule has 0 spiro atoms. The Morgan fingerprint density at radius 1 is 1.50 bits per heavy atom. The Hall–Kier alpha value is -2.68. The second-order valence-corrected chi connectivity index (χ2v) is 3.68. The Labute approximate surface area is 104 Å². The zero-order valence-corrected chi connectivity index (χ0v) is 9.58. The molecule has 0 aliphatic heterocycles. The van der Waals surface area contributed by atoms with Crippen LogP contribution in [0, 0.1) is 11.3 Å². The summed E-state index contributed by atoms with van der Waals surface area (Å²) >= 11 is 0. The van der Waals surface area contributed by atoms with Crippen molar-refractivity contribution in [2.75, 3.05) is 0 Å². The highest BCUT2D eigenvalue weighted by molar-refractivity contribution is 5.75. The molecule has 0 saturated carbocycles. The lowest BCUT2D eigenvalue weighted by Crippen LogP contribution is -2.27. The summed E-state index contributed by atoms with van der Waals surface area (Å²) in [5.41, 5.74) is 1.47. The van der Waals surface area contributed by atoms with Gasteiger partial charge in [-0.3, -0.25) is 4.79 Å². The lowest BCUT2D eigenvalue weighted by atomic mass is 10.1. The fourth-order valence-electron chi connectivity index (χ4n) is 1.47. The van der Waals surface area contributed by atoms with E-state index < -0.39 is 0 Å². The second kappa shape index (κ2) is 5.59. The molecule has 18 heavy (non-hydrogen) atoms. The Bertz CT molecular complexity index is 570. The van der Waals surface area contributed by atoms with Crippen LogP contribution in [-0.4, -0.2) is 20.7 Å². The smallest absolute Gasteiger partial charge is 0.242 e. The second-order valence-electron chi connectivity index (χ2n) is 3.68. The summed E-state index contributed by atoms with van der Waals surface area (Å²) in [6.45, 7) is 0.529. The lowest BCUT2D eigenvalue weighted by Gasteiger charge is -2.05. The molecule has 0 saturated heterocycles. The minimum Gasteiger partial charge on any atom is -0.350 e. The first kappa shape index (κ1) is 11.8. The Balaban J connectivity index is 1.87. The SMILES string of the molecule is N#Cc1cccc(CNC(=O)Cn2cncn2)c1. The van der Waals surface area contributed by atoms with Gasteiger partial charge in [-0.2, -0.15) is 10.4 Å². The maximum absolute atomic E-state index is 11.6. The lowest BCUT2D eigenvalue weighted by molar-refractivity contribution is -0.122. The van der Waals surface area contributed by atoms with Crippen LogP contribution in [0.15, 0.2) is 36.9 Å². The van der Waals surface area contributed by atoms with Crippen LogP contribution in [0.3, 0.4) is 0 Å². The van der Waals surface area contributed by atoms with Crippen molar-refractivity contribution >= 4 is 5.91 Å². The standard InChI is InChI=1S/C12H11N5O/c13-5-10-2-1-3-11(4-10)6-15-12(18)7-17-9-14-8-16-17/h1-4,8-9H,6-7H2,(H,15,18). The van der Waals surface area contributed by atoms with Crippen molar-refractivity contribution in [3.63, 3.8) is 0 Å². The van der Waals surface area contributed by atoms with Crippen molar-refractivity contribution in [3.05, 3.63) is 48.0 Å². The number of carbonyl (C=O) groups is 1. The number of nitrogens with zero attached hydrogens (tertiary/aromatic N) is 4. The first-order valence-electron chi connectivity index (χ1n) is 5.36. The first-order valence-corrected chi connectivity index (χ1v) is 5.36. The van der Waals surface area contributed by atoms with E-state index in [2.05, 4.69) is 21.5 Å². The molecule has 2 aromatic rings. The topological polar surface area (TPSA) is 83.6 Å². The van der Waals surface area contributed by atoms with E-state index in [0.717, 1.165) is 5.56 Å². The molecule has 0 bridgehead atoms. The van der Waals surface area contributed by atoms with Crippen molar-refractivity contribution in [1.82, 2.24) is 20.1 Å². The molecule has 2 rings (SSSR count). The van der Waals surface area contributed by atoms with E-state index in [4.69, 9.17) is 5.26 Å². The Morgan fingerprint density at radius 3 is 3.11 bits per heavy atom. The highest BCUT2D eigenvalue weighted by atomic mass is 16.2. The van der Waals surface area contributed by atoms with Crippen LogP contribution in [0.2, 0.25) is 0 Å². The van der Waals surface area contributed by atoms with Gasteiger partial charge in [0.2, 0.25) is 5.91 Å². The predicted molar refractivity (Wildman–Crippen MR) is 63.0 cm³/mol. The molecule has 0 unspecified atom stereocenters. The van der Waals surface area contributed by atoms with Gasteiger partial charge in [-0.1, -0.05) is 12.1 Å². The van der Waals surface area contributed by atoms with Crippen LogP contribution in [0.1, 0.15) is 11.1 Å². The van der Waals surface area contributed by atoms with Crippen molar-refractivity contribution in [2.45, 2.75) is 13.1 Å². The molecule has 1 aromatic carbocycles. The number of carbonyl (C=O) groups excluding carboxylic acids is 1. The quantitative estimate of drug-likeness (QED) is 0.843. The van der Waals surface area contributed by atoms with Gasteiger partial charge in [-0.15, -0.1) is 0 Å². The number of benzene rings is 1. The molecule has 6 nitrogen and oxygen atoms in total. The van der Waals surface area contributed by atoms with Gasteiger partial charge in [0.05, 0.1) is 11.6 Å². The summed E-state index contributed by atoms with van der Waals surface area (Å²) < 4.78 is 1.45. The summed E-state index contributed by atoms with van der Waals surface area (Å²) in [6.07, 6.45) is 2.86. The van der Waals surface area contributed by atoms with E-state index in [1.165, 1.54) is 17.3 Å². The normalized spacial score (nSPS) is 9.72. The maximum Gasteiger partial charge on any atom is 0.242 e. The minimum atomic E-state index is -0.150. The minimum absolute atomic E-state index is 0.137. The van der Waals surface area contributed by atoms with Gasteiger partial charge >= 0.3 is 0 Å². The van der Waals surface area contributed by atoms with Crippen LogP contribution in [0.5, 0.6) is 0 Å². The molecule has 1 N–H and O–H groups in total. The van der Waals surface area contributed by atoms with Gasteiger partial charge in [-0.25, -0.2) is 9.67 Å². The van der Waals surface area contributed by atoms with E-state index >= 15 is 0 Å². The summed E-state index contributed by atoms with van der Waals surface area (Å²) in [5.74, 6) is -0.150. The van der Waals surface area contributed by atoms with E-state index in [0.29, 0.717) is 12.1 Å². The third-order valence-corrected chi connectivity index (χ3v) is 2.32. The van der Waals surface area contributed by atoms with Crippen molar-refractivity contribution in [2.24, 2.45) is 0 Å². The zero-order chi connectivity index (χ0) is 12.8. The number of nitriles is 1. The highest BCUT2D eigenvalue weighted by Crippen LogP contribution is 2.03. The predicted octanol–water partition coefficient (Wildman–Crippen LogP) is 0.466.